The molecule has 0 unspecified atom stereocenters. The molecule has 27 heavy (non-hydrogen) atoms. The number of rotatable bonds is 4. The smallest absolute Gasteiger partial charge is 0.238 e. The van der Waals surface area contributed by atoms with Crippen molar-refractivity contribution in [2.75, 3.05) is 36.8 Å². The number of benzene rings is 2. The third kappa shape index (κ3) is 4.33. The quantitative estimate of drug-likeness (QED) is 0.811. The van der Waals surface area contributed by atoms with Gasteiger partial charge in [0.1, 0.15) is 5.75 Å². The number of carbonyl (C=O) groups is 1. The van der Waals surface area contributed by atoms with Crippen molar-refractivity contribution in [3.63, 3.8) is 0 Å². The first kappa shape index (κ1) is 19.4. The topological polar surface area (TPSA) is 57.7 Å². The number of nitrogens with zero attached hydrogens (tertiary/aromatic N) is 2. The summed E-state index contributed by atoms with van der Waals surface area (Å²) in [5.41, 5.74) is 4.67. The van der Waals surface area contributed by atoms with Gasteiger partial charge in [-0.1, -0.05) is 29.8 Å². The Balaban J connectivity index is 1.63. The normalized spacial score (nSPS) is 15.1. The molecule has 1 fully saturated rings. The highest BCUT2D eigenvalue weighted by Gasteiger charge is 2.27. The molecule has 0 aromatic heterocycles. The monoisotopic (exact) mass is 386 g/mol. The fourth-order valence-electron chi connectivity index (χ4n) is 3.36. The van der Waals surface area contributed by atoms with Gasteiger partial charge in [0, 0.05) is 31.9 Å². The zero-order valence-corrected chi connectivity index (χ0v) is 16.9. The maximum atomic E-state index is 12.5. The lowest BCUT2D eigenvalue weighted by molar-refractivity contribution is -0.128. The first-order valence-corrected chi connectivity index (χ1v) is 10.8. The van der Waals surface area contributed by atoms with Crippen molar-refractivity contribution in [3.8, 4) is 0 Å². The summed E-state index contributed by atoms with van der Waals surface area (Å²) in [5.74, 6) is -0.796. The number of carbonyl (C=O) groups excluding carboxylic acids is 1. The summed E-state index contributed by atoms with van der Waals surface area (Å²) in [7, 11) is -3.61. The lowest BCUT2D eigenvalue weighted by atomic mass is 10.1. The Labute approximate surface area is 161 Å². The van der Waals surface area contributed by atoms with E-state index in [4.69, 9.17) is 0 Å². The largest absolute Gasteiger partial charge is 0.368 e. The van der Waals surface area contributed by atoms with Crippen LogP contribution in [0, 0.1) is 20.8 Å². The third-order valence-electron chi connectivity index (χ3n) is 5.24. The second-order valence-corrected chi connectivity index (χ2v) is 9.15. The number of hydrogen-bond acceptors (Lipinski definition) is 4. The molecular weight excluding hydrogens is 360 g/mol. The summed E-state index contributed by atoms with van der Waals surface area (Å²) >= 11 is 0. The van der Waals surface area contributed by atoms with Gasteiger partial charge in [-0.15, -0.1) is 0 Å². The first-order chi connectivity index (χ1) is 12.8. The molecule has 0 aliphatic carbocycles. The molecule has 0 N–H and O–H groups in total. The van der Waals surface area contributed by atoms with Crippen LogP contribution in [0.3, 0.4) is 0 Å². The third-order valence-corrected chi connectivity index (χ3v) is 6.86. The molecule has 0 saturated carbocycles. The Kier molecular flexibility index (Phi) is 5.56. The minimum atomic E-state index is -3.61. The second kappa shape index (κ2) is 7.72. The number of amides is 1. The van der Waals surface area contributed by atoms with E-state index in [1.165, 1.54) is 16.8 Å². The van der Waals surface area contributed by atoms with Crippen LogP contribution in [0.2, 0.25) is 0 Å². The molecule has 2 aromatic carbocycles. The molecule has 2 aromatic rings. The lowest BCUT2D eigenvalue weighted by Crippen LogP contribution is -2.50. The maximum absolute atomic E-state index is 12.5. The summed E-state index contributed by atoms with van der Waals surface area (Å²) in [4.78, 5) is 16.7. The fraction of sp³-hybridized carbons (Fsp3) is 0.381. The Morgan fingerprint density at radius 2 is 1.56 bits per heavy atom. The van der Waals surface area contributed by atoms with Crippen molar-refractivity contribution in [2.45, 2.75) is 25.7 Å². The van der Waals surface area contributed by atoms with Crippen LogP contribution >= 0.6 is 0 Å². The lowest BCUT2D eigenvalue weighted by Gasteiger charge is -2.37. The van der Waals surface area contributed by atoms with E-state index in [1.807, 2.05) is 13.0 Å². The number of piperazine rings is 1. The molecule has 0 atom stereocenters. The maximum Gasteiger partial charge on any atom is 0.238 e. The molecule has 0 spiro atoms. The standard InChI is InChI=1S/C21H26N2O3S/c1-16-7-9-19(10-8-16)27(25,26)15-21(24)23-13-11-22(12-14-23)20-6-4-5-17(2)18(20)3/h4-10H,11-15H2,1-3H3. The highest BCUT2D eigenvalue weighted by Crippen LogP contribution is 2.24. The summed E-state index contributed by atoms with van der Waals surface area (Å²) in [5, 5.41) is 0. The molecule has 5 nitrogen and oxygen atoms in total. The minimum Gasteiger partial charge on any atom is -0.368 e. The average Bonchev–Trinajstić information content (AvgIpc) is 2.64. The molecule has 0 radical (unpaired) electrons. The molecule has 144 valence electrons. The summed E-state index contributed by atoms with van der Waals surface area (Å²) < 4.78 is 25.0. The molecule has 1 amide bonds. The van der Waals surface area contributed by atoms with E-state index in [0.29, 0.717) is 26.2 Å². The van der Waals surface area contributed by atoms with Crippen molar-refractivity contribution < 1.29 is 13.2 Å². The molecule has 1 aliphatic heterocycles. The van der Waals surface area contributed by atoms with Gasteiger partial charge in [-0.25, -0.2) is 8.42 Å². The zero-order valence-electron chi connectivity index (χ0n) is 16.1. The predicted molar refractivity (Wildman–Crippen MR) is 108 cm³/mol. The van der Waals surface area contributed by atoms with Crippen molar-refractivity contribution in [1.29, 1.82) is 0 Å². The van der Waals surface area contributed by atoms with Crippen molar-refractivity contribution in [1.82, 2.24) is 4.90 Å². The molecule has 1 aliphatic rings. The first-order valence-electron chi connectivity index (χ1n) is 9.16. The highest BCUT2D eigenvalue weighted by atomic mass is 32.2. The van der Waals surface area contributed by atoms with Crippen molar-refractivity contribution >= 4 is 21.4 Å². The van der Waals surface area contributed by atoms with E-state index in [0.717, 1.165) is 5.56 Å². The number of hydrogen-bond donors (Lipinski definition) is 0. The van der Waals surface area contributed by atoms with Crippen LogP contribution < -0.4 is 4.90 Å². The predicted octanol–water partition coefficient (Wildman–Crippen LogP) is 2.73. The highest BCUT2D eigenvalue weighted by molar-refractivity contribution is 7.92. The Morgan fingerprint density at radius 1 is 0.926 bits per heavy atom. The van der Waals surface area contributed by atoms with Crippen LogP contribution in [0.4, 0.5) is 5.69 Å². The second-order valence-electron chi connectivity index (χ2n) is 7.16. The van der Waals surface area contributed by atoms with Gasteiger partial charge in [-0.3, -0.25) is 4.79 Å². The molecule has 0 bridgehead atoms. The van der Waals surface area contributed by atoms with E-state index in [9.17, 15) is 13.2 Å². The molecule has 6 heteroatoms. The van der Waals surface area contributed by atoms with Crippen LogP contribution in [-0.2, 0) is 14.6 Å². The van der Waals surface area contributed by atoms with Gasteiger partial charge in [0.2, 0.25) is 5.91 Å². The van der Waals surface area contributed by atoms with Gasteiger partial charge >= 0.3 is 0 Å². The van der Waals surface area contributed by atoms with Gasteiger partial charge in [0.25, 0.3) is 0 Å². The van der Waals surface area contributed by atoms with Gasteiger partial charge in [-0.05, 0) is 50.1 Å². The average molecular weight is 387 g/mol. The van der Waals surface area contributed by atoms with E-state index < -0.39 is 15.6 Å². The molecule has 3 rings (SSSR count). The van der Waals surface area contributed by atoms with Gasteiger partial charge < -0.3 is 9.80 Å². The van der Waals surface area contributed by atoms with Crippen LogP contribution in [-0.4, -0.2) is 51.2 Å². The van der Waals surface area contributed by atoms with Gasteiger partial charge in [0.05, 0.1) is 4.90 Å². The Morgan fingerprint density at radius 3 is 2.19 bits per heavy atom. The summed E-state index contributed by atoms with van der Waals surface area (Å²) in [6.07, 6.45) is 0. The van der Waals surface area contributed by atoms with Crippen LogP contribution in [0.1, 0.15) is 16.7 Å². The molecule has 1 saturated heterocycles. The minimum absolute atomic E-state index is 0.204. The Bertz CT molecular complexity index is 928. The van der Waals surface area contributed by atoms with E-state index in [2.05, 4.69) is 30.9 Å². The van der Waals surface area contributed by atoms with Crippen LogP contribution in [0.25, 0.3) is 0 Å². The number of aryl methyl sites for hydroxylation is 2. The van der Waals surface area contributed by atoms with Crippen molar-refractivity contribution in [3.05, 3.63) is 59.2 Å². The summed E-state index contributed by atoms with van der Waals surface area (Å²) in [6.45, 7) is 8.59. The van der Waals surface area contributed by atoms with Gasteiger partial charge in [0.15, 0.2) is 9.84 Å². The Hall–Kier alpha value is -2.34. The SMILES string of the molecule is Cc1ccc(S(=O)(=O)CC(=O)N2CCN(c3cccc(C)c3C)CC2)cc1. The number of sulfone groups is 1. The zero-order chi connectivity index (χ0) is 19.6. The summed E-state index contributed by atoms with van der Waals surface area (Å²) in [6, 6.07) is 12.9. The fourth-order valence-corrected chi connectivity index (χ4v) is 4.58. The molecule has 1 heterocycles. The molecular formula is C21H26N2O3S. The van der Waals surface area contributed by atoms with Crippen LogP contribution in [0.5, 0.6) is 0 Å². The van der Waals surface area contributed by atoms with Crippen molar-refractivity contribution in [2.24, 2.45) is 0 Å². The van der Waals surface area contributed by atoms with Crippen LogP contribution in [0.15, 0.2) is 47.4 Å². The van der Waals surface area contributed by atoms with Gasteiger partial charge in [-0.2, -0.15) is 0 Å². The van der Waals surface area contributed by atoms with E-state index in [-0.39, 0.29) is 10.8 Å². The number of anilines is 1. The van der Waals surface area contributed by atoms with E-state index in [1.54, 1.807) is 29.2 Å². The van der Waals surface area contributed by atoms with E-state index >= 15 is 0 Å².